The van der Waals surface area contributed by atoms with E-state index in [0.717, 1.165) is 5.56 Å². The highest BCUT2D eigenvalue weighted by atomic mass is 35.5. The van der Waals surface area contributed by atoms with Gasteiger partial charge < -0.3 is 10.5 Å². The second-order valence-electron chi connectivity index (χ2n) is 6.77. The van der Waals surface area contributed by atoms with Crippen LogP contribution in [0, 0.1) is 12.3 Å². The Morgan fingerprint density at radius 3 is 2.26 bits per heavy atom. The standard InChI is InChI=1S/C20H22ClNO4S/c1-3-26-19(23)20(12-22)17(14-6-8-15(21)9-7-14)18(20)27(24,25)16-10-4-13(2)5-11-16/h4-11,17-18H,3,12,22H2,1-2H3/t17-,18-,20-/m1/s1. The first-order valence-electron chi connectivity index (χ1n) is 8.72. The molecule has 7 heteroatoms. The van der Waals surface area contributed by atoms with Crippen molar-refractivity contribution in [3.63, 3.8) is 0 Å². The van der Waals surface area contributed by atoms with Gasteiger partial charge in [0.2, 0.25) is 0 Å². The minimum Gasteiger partial charge on any atom is -0.465 e. The number of aryl methyl sites for hydroxylation is 1. The van der Waals surface area contributed by atoms with Gasteiger partial charge in [0.05, 0.1) is 16.8 Å². The molecule has 1 aliphatic carbocycles. The summed E-state index contributed by atoms with van der Waals surface area (Å²) in [5.74, 6) is -1.15. The van der Waals surface area contributed by atoms with Gasteiger partial charge in [-0.15, -0.1) is 0 Å². The molecular formula is C20H22ClNO4S. The van der Waals surface area contributed by atoms with Crippen LogP contribution in [-0.2, 0) is 19.4 Å². The van der Waals surface area contributed by atoms with Gasteiger partial charge in [-0.05, 0) is 43.7 Å². The molecule has 1 fully saturated rings. The summed E-state index contributed by atoms with van der Waals surface area (Å²) in [5, 5.41) is -0.440. The van der Waals surface area contributed by atoms with Crippen molar-refractivity contribution in [2.24, 2.45) is 11.1 Å². The zero-order valence-electron chi connectivity index (χ0n) is 15.2. The van der Waals surface area contributed by atoms with Crippen LogP contribution in [0.3, 0.4) is 0 Å². The SMILES string of the molecule is CCOC(=O)[C@]1(CN)[C@H](c2ccc(Cl)cc2)[C@H]1S(=O)(=O)c1ccc(C)cc1. The third kappa shape index (κ3) is 3.26. The third-order valence-corrected chi connectivity index (χ3v) is 7.71. The summed E-state index contributed by atoms with van der Waals surface area (Å²) in [4.78, 5) is 12.9. The van der Waals surface area contributed by atoms with Crippen LogP contribution in [-0.4, -0.2) is 32.8 Å². The van der Waals surface area contributed by atoms with Crippen LogP contribution in [0.2, 0.25) is 5.02 Å². The minimum atomic E-state index is -3.79. The number of hydrogen-bond donors (Lipinski definition) is 1. The first-order valence-corrected chi connectivity index (χ1v) is 10.6. The normalized spacial score (nSPS) is 24.4. The van der Waals surface area contributed by atoms with E-state index < -0.39 is 32.4 Å². The van der Waals surface area contributed by atoms with Gasteiger partial charge in [0.1, 0.15) is 5.41 Å². The molecule has 0 saturated heterocycles. The number of benzene rings is 2. The Balaban J connectivity index is 2.10. The van der Waals surface area contributed by atoms with Gasteiger partial charge in [0.25, 0.3) is 0 Å². The molecule has 1 saturated carbocycles. The zero-order chi connectivity index (χ0) is 19.8. The number of hydrogen-bond acceptors (Lipinski definition) is 5. The lowest BCUT2D eigenvalue weighted by atomic mass is 9.99. The molecule has 0 spiro atoms. The van der Waals surface area contributed by atoms with Crippen LogP contribution in [0.5, 0.6) is 0 Å². The lowest BCUT2D eigenvalue weighted by Crippen LogP contribution is -2.33. The highest BCUT2D eigenvalue weighted by Crippen LogP contribution is 2.64. The largest absolute Gasteiger partial charge is 0.465 e. The predicted octanol–water partition coefficient (Wildman–Crippen LogP) is 3.10. The maximum absolute atomic E-state index is 13.4. The molecule has 3 atom stereocenters. The highest BCUT2D eigenvalue weighted by molar-refractivity contribution is 7.92. The number of carbonyl (C=O) groups excluding carboxylic acids is 1. The van der Waals surface area contributed by atoms with E-state index in [-0.39, 0.29) is 18.0 Å². The summed E-state index contributed by atoms with van der Waals surface area (Å²) < 4.78 is 31.9. The number of sulfone groups is 1. The van der Waals surface area contributed by atoms with E-state index >= 15 is 0 Å². The quantitative estimate of drug-likeness (QED) is 0.743. The molecule has 27 heavy (non-hydrogen) atoms. The fourth-order valence-electron chi connectivity index (χ4n) is 3.71. The molecule has 0 bridgehead atoms. The van der Waals surface area contributed by atoms with Crippen molar-refractivity contribution in [2.75, 3.05) is 13.2 Å². The van der Waals surface area contributed by atoms with Crippen molar-refractivity contribution in [3.8, 4) is 0 Å². The van der Waals surface area contributed by atoms with Crippen LogP contribution >= 0.6 is 11.6 Å². The highest BCUT2D eigenvalue weighted by Gasteiger charge is 2.75. The van der Waals surface area contributed by atoms with Crippen molar-refractivity contribution in [2.45, 2.75) is 29.9 Å². The van der Waals surface area contributed by atoms with Gasteiger partial charge in [-0.2, -0.15) is 0 Å². The second-order valence-corrected chi connectivity index (χ2v) is 9.28. The second kappa shape index (κ2) is 7.26. The molecule has 5 nitrogen and oxygen atoms in total. The molecule has 0 radical (unpaired) electrons. The number of nitrogens with two attached hydrogens (primary N) is 1. The maximum Gasteiger partial charge on any atom is 0.315 e. The summed E-state index contributed by atoms with van der Waals surface area (Å²) in [6, 6.07) is 13.4. The minimum absolute atomic E-state index is 0.116. The van der Waals surface area contributed by atoms with Crippen LogP contribution in [0.25, 0.3) is 0 Å². The number of halogens is 1. The maximum atomic E-state index is 13.4. The monoisotopic (exact) mass is 407 g/mol. The molecule has 2 N–H and O–H groups in total. The van der Waals surface area contributed by atoms with Crippen molar-refractivity contribution in [1.29, 1.82) is 0 Å². The summed E-state index contributed by atoms with van der Waals surface area (Å²) >= 11 is 5.96. The topological polar surface area (TPSA) is 86.5 Å². The molecule has 0 aromatic heterocycles. The van der Waals surface area contributed by atoms with Crippen molar-refractivity contribution in [3.05, 3.63) is 64.7 Å². The van der Waals surface area contributed by atoms with Gasteiger partial charge in [-0.25, -0.2) is 8.42 Å². The number of esters is 1. The van der Waals surface area contributed by atoms with Gasteiger partial charge in [0.15, 0.2) is 9.84 Å². The van der Waals surface area contributed by atoms with E-state index in [2.05, 4.69) is 0 Å². The van der Waals surface area contributed by atoms with Crippen molar-refractivity contribution in [1.82, 2.24) is 0 Å². The first-order chi connectivity index (χ1) is 12.8. The molecule has 144 valence electrons. The van der Waals surface area contributed by atoms with Gasteiger partial charge in [-0.3, -0.25) is 4.79 Å². The molecule has 1 aliphatic rings. The summed E-state index contributed by atoms with van der Waals surface area (Å²) in [7, 11) is -3.79. The first kappa shape index (κ1) is 19.9. The Bertz CT molecular complexity index is 941. The lowest BCUT2D eigenvalue weighted by Gasteiger charge is -2.14. The van der Waals surface area contributed by atoms with Crippen molar-refractivity contribution < 1.29 is 17.9 Å². The van der Waals surface area contributed by atoms with Gasteiger partial charge >= 0.3 is 5.97 Å². The predicted molar refractivity (Wildman–Crippen MR) is 104 cm³/mol. The molecule has 2 aromatic rings. The average Bonchev–Trinajstić information content (AvgIpc) is 3.34. The Morgan fingerprint density at radius 2 is 1.74 bits per heavy atom. The molecule has 0 aliphatic heterocycles. The van der Waals surface area contributed by atoms with Gasteiger partial charge in [0, 0.05) is 17.5 Å². The Morgan fingerprint density at radius 1 is 1.15 bits per heavy atom. The van der Waals surface area contributed by atoms with Crippen LogP contribution in [0.15, 0.2) is 53.4 Å². The molecular weight excluding hydrogens is 386 g/mol. The molecule has 0 unspecified atom stereocenters. The summed E-state index contributed by atoms with van der Waals surface area (Å²) in [6.45, 7) is 3.61. The number of ether oxygens (including phenoxy) is 1. The van der Waals surface area contributed by atoms with E-state index in [1.54, 1.807) is 55.5 Å². The van der Waals surface area contributed by atoms with Crippen LogP contribution in [0.1, 0.15) is 24.0 Å². The fourth-order valence-corrected chi connectivity index (χ4v) is 6.22. The molecule has 0 heterocycles. The van der Waals surface area contributed by atoms with Crippen LogP contribution < -0.4 is 5.73 Å². The fraction of sp³-hybridized carbons (Fsp3) is 0.350. The van der Waals surface area contributed by atoms with Crippen LogP contribution in [0.4, 0.5) is 0 Å². The molecule has 2 aromatic carbocycles. The van der Waals surface area contributed by atoms with E-state index in [1.165, 1.54) is 0 Å². The molecule has 3 rings (SSSR count). The number of rotatable bonds is 6. The van der Waals surface area contributed by atoms with E-state index in [1.807, 2.05) is 6.92 Å². The van der Waals surface area contributed by atoms with E-state index in [0.29, 0.717) is 10.6 Å². The summed E-state index contributed by atoms with van der Waals surface area (Å²) in [6.07, 6.45) is 0. The molecule has 0 amide bonds. The summed E-state index contributed by atoms with van der Waals surface area (Å²) in [5.41, 5.74) is 6.32. The Labute approximate surface area is 164 Å². The Kier molecular flexibility index (Phi) is 5.34. The Hall–Kier alpha value is -1.89. The number of carbonyl (C=O) groups is 1. The van der Waals surface area contributed by atoms with E-state index in [4.69, 9.17) is 22.1 Å². The third-order valence-electron chi connectivity index (χ3n) is 5.16. The smallest absolute Gasteiger partial charge is 0.315 e. The van der Waals surface area contributed by atoms with Gasteiger partial charge in [-0.1, -0.05) is 41.4 Å². The average molecular weight is 408 g/mol. The van der Waals surface area contributed by atoms with Crippen molar-refractivity contribution >= 4 is 27.4 Å². The van der Waals surface area contributed by atoms with E-state index in [9.17, 15) is 13.2 Å². The lowest BCUT2D eigenvalue weighted by molar-refractivity contribution is -0.149. The zero-order valence-corrected chi connectivity index (χ0v) is 16.8.